The third-order valence-corrected chi connectivity index (χ3v) is 2.49. The van der Waals surface area contributed by atoms with Crippen LogP contribution in [-0.2, 0) is 13.3 Å². The topological polar surface area (TPSA) is 27.7 Å². The van der Waals surface area contributed by atoms with Crippen LogP contribution in [0.15, 0.2) is 0 Å². The fraction of sp³-hybridized carbons (Fsp3) is 1.00. The van der Waals surface area contributed by atoms with Gasteiger partial charge in [-0.25, -0.2) is 0 Å². The molecule has 0 rings (SSSR count). The van der Waals surface area contributed by atoms with Crippen LogP contribution in [0.2, 0.25) is 0 Å². The summed E-state index contributed by atoms with van der Waals surface area (Å²) in [5, 5.41) is 0. The Balaban J connectivity index is 3.58. The fourth-order valence-corrected chi connectivity index (χ4v) is 1.53. The largest absolute Gasteiger partial charge is 0.577 e. The Morgan fingerprint density at radius 2 is 1.27 bits per heavy atom. The molecular weight excluding hydrogens is 160 g/mol. The maximum absolute atomic E-state index is 5.37. The van der Waals surface area contributed by atoms with Gasteiger partial charge in [-0.05, 0) is 27.7 Å². The lowest BCUT2D eigenvalue weighted by Crippen LogP contribution is -2.31. The van der Waals surface area contributed by atoms with Gasteiger partial charge in [0.05, 0.1) is 0 Å². The molecule has 0 atom stereocenters. The van der Waals surface area contributed by atoms with Gasteiger partial charge in [0.15, 0.2) is 0 Å². The average Bonchev–Trinajstić information content (AvgIpc) is 1.84. The highest BCUT2D eigenvalue weighted by Gasteiger charge is 2.20. The Bertz CT molecular complexity index is 85.7. The van der Waals surface area contributed by atoms with Crippen LogP contribution in [-0.4, -0.2) is 28.8 Å². The minimum atomic E-state index is -1.48. The van der Waals surface area contributed by atoms with E-state index in [0.29, 0.717) is 0 Å². The second-order valence-corrected chi connectivity index (χ2v) is 4.17. The van der Waals surface area contributed by atoms with Crippen LogP contribution in [0.25, 0.3) is 0 Å². The molecular formula is C7H17O3Si. The lowest BCUT2D eigenvalue weighted by molar-refractivity contribution is 0.0642. The van der Waals surface area contributed by atoms with Gasteiger partial charge in [-0.15, -0.1) is 0 Å². The zero-order valence-corrected chi connectivity index (χ0v) is 8.88. The molecule has 0 bridgehead atoms. The molecule has 0 aliphatic heterocycles. The summed E-state index contributed by atoms with van der Waals surface area (Å²) >= 11 is 0. The first kappa shape index (κ1) is 11.1. The number of rotatable bonds is 5. The van der Waals surface area contributed by atoms with E-state index in [1.165, 1.54) is 0 Å². The molecule has 0 aromatic rings. The molecule has 0 aliphatic rings. The maximum Gasteiger partial charge on any atom is 0.577 e. The van der Waals surface area contributed by atoms with Crippen molar-refractivity contribution in [2.45, 2.75) is 39.9 Å². The molecule has 0 saturated carbocycles. The standard InChI is InChI=1S/C7H17O3Si/c1-6(2)9-11(8-5)10-7(3)4/h6-7H,1-5H3. The van der Waals surface area contributed by atoms with Crippen LogP contribution in [0.3, 0.4) is 0 Å². The molecule has 0 heterocycles. The third kappa shape index (κ3) is 6.49. The molecule has 4 heteroatoms. The highest BCUT2D eigenvalue weighted by molar-refractivity contribution is 6.36. The van der Waals surface area contributed by atoms with Gasteiger partial charge < -0.3 is 13.3 Å². The first-order chi connectivity index (χ1) is 5.06. The van der Waals surface area contributed by atoms with Gasteiger partial charge in [-0.2, -0.15) is 0 Å². The van der Waals surface area contributed by atoms with Gasteiger partial charge in [0, 0.05) is 19.3 Å². The molecule has 0 N–H and O–H groups in total. The molecule has 0 spiro atoms. The van der Waals surface area contributed by atoms with Crippen molar-refractivity contribution >= 4 is 9.53 Å². The smallest absolute Gasteiger partial charge is 0.375 e. The van der Waals surface area contributed by atoms with E-state index < -0.39 is 9.53 Å². The van der Waals surface area contributed by atoms with Crippen molar-refractivity contribution in [2.75, 3.05) is 7.11 Å². The first-order valence-electron chi connectivity index (χ1n) is 3.80. The summed E-state index contributed by atoms with van der Waals surface area (Å²) in [5.74, 6) is 0. The molecule has 0 amide bonds. The normalized spacial score (nSPS) is 12.0. The van der Waals surface area contributed by atoms with Crippen molar-refractivity contribution in [3.63, 3.8) is 0 Å². The first-order valence-corrected chi connectivity index (χ1v) is 5.03. The average molecular weight is 177 g/mol. The molecule has 0 fully saturated rings. The predicted octanol–water partition coefficient (Wildman–Crippen LogP) is 1.47. The molecule has 0 aromatic carbocycles. The lowest BCUT2D eigenvalue weighted by atomic mass is 10.5. The van der Waals surface area contributed by atoms with E-state index in [1.807, 2.05) is 27.7 Å². The Hall–Kier alpha value is 0.0969. The summed E-state index contributed by atoms with van der Waals surface area (Å²) in [6.07, 6.45) is 0.338. The monoisotopic (exact) mass is 177 g/mol. The zero-order valence-electron chi connectivity index (χ0n) is 7.88. The minimum Gasteiger partial charge on any atom is -0.375 e. The van der Waals surface area contributed by atoms with Crippen molar-refractivity contribution in [2.24, 2.45) is 0 Å². The van der Waals surface area contributed by atoms with Crippen molar-refractivity contribution < 1.29 is 13.3 Å². The van der Waals surface area contributed by atoms with E-state index in [0.717, 1.165) is 0 Å². The van der Waals surface area contributed by atoms with Gasteiger partial charge in [0.1, 0.15) is 0 Å². The van der Waals surface area contributed by atoms with Crippen LogP contribution >= 0.6 is 0 Å². The van der Waals surface area contributed by atoms with Crippen molar-refractivity contribution in [3.05, 3.63) is 0 Å². The van der Waals surface area contributed by atoms with Crippen LogP contribution in [0, 0.1) is 0 Å². The zero-order chi connectivity index (χ0) is 8.85. The van der Waals surface area contributed by atoms with Gasteiger partial charge in [0.2, 0.25) is 0 Å². The van der Waals surface area contributed by atoms with Crippen LogP contribution < -0.4 is 0 Å². The Labute approximate surface area is 70.6 Å². The third-order valence-electron chi connectivity index (χ3n) is 0.831. The molecule has 67 valence electrons. The number of hydrogen-bond acceptors (Lipinski definition) is 3. The van der Waals surface area contributed by atoms with Crippen molar-refractivity contribution in [1.82, 2.24) is 0 Å². The van der Waals surface area contributed by atoms with Crippen molar-refractivity contribution in [1.29, 1.82) is 0 Å². The summed E-state index contributed by atoms with van der Waals surface area (Å²) in [5.41, 5.74) is 0. The van der Waals surface area contributed by atoms with E-state index in [1.54, 1.807) is 7.11 Å². The molecule has 1 radical (unpaired) electrons. The molecule has 3 nitrogen and oxygen atoms in total. The van der Waals surface area contributed by atoms with Gasteiger partial charge in [-0.1, -0.05) is 0 Å². The molecule has 0 unspecified atom stereocenters. The molecule has 11 heavy (non-hydrogen) atoms. The van der Waals surface area contributed by atoms with Crippen LogP contribution in [0.1, 0.15) is 27.7 Å². The van der Waals surface area contributed by atoms with Gasteiger partial charge in [0.25, 0.3) is 0 Å². The predicted molar refractivity (Wildman–Crippen MR) is 45.2 cm³/mol. The summed E-state index contributed by atoms with van der Waals surface area (Å²) in [7, 11) is 0.127. The molecule has 0 aliphatic carbocycles. The second kappa shape index (κ2) is 5.71. The van der Waals surface area contributed by atoms with E-state index in [2.05, 4.69) is 0 Å². The van der Waals surface area contributed by atoms with E-state index in [-0.39, 0.29) is 12.2 Å². The minimum absolute atomic E-state index is 0.169. The van der Waals surface area contributed by atoms with E-state index in [4.69, 9.17) is 13.3 Å². The summed E-state index contributed by atoms with van der Waals surface area (Å²) in [4.78, 5) is 0. The van der Waals surface area contributed by atoms with Gasteiger partial charge >= 0.3 is 9.53 Å². The summed E-state index contributed by atoms with van der Waals surface area (Å²) in [6.45, 7) is 7.86. The quantitative estimate of drug-likeness (QED) is 0.595. The second-order valence-electron chi connectivity index (χ2n) is 2.79. The highest BCUT2D eigenvalue weighted by atomic mass is 28.3. The molecule has 0 saturated heterocycles. The van der Waals surface area contributed by atoms with Crippen LogP contribution in [0.4, 0.5) is 0 Å². The fourth-order valence-electron chi connectivity index (χ4n) is 0.509. The highest BCUT2D eigenvalue weighted by Crippen LogP contribution is 1.99. The maximum atomic E-state index is 5.37. The Kier molecular flexibility index (Phi) is 5.76. The van der Waals surface area contributed by atoms with E-state index in [9.17, 15) is 0 Å². The Morgan fingerprint density at radius 3 is 1.45 bits per heavy atom. The van der Waals surface area contributed by atoms with Gasteiger partial charge in [-0.3, -0.25) is 0 Å². The number of hydrogen-bond donors (Lipinski definition) is 0. The summed E-state index contributed by atoms with van der Waals surface area (Å²) in [6, 6.07) is 0. The van der Waals surface area contributed by atoms with E-state index >= 15 is 0 Å². The van der Waals surface area contributed by atoms with Crippen LogP contribution in [0.5, 0.6) is 0 Å². The Morgan fingerprint density at radius 1 is 0.909 bits per heavy atom. The lowest BCUT2D eigenvalue weighted by Gasteiger charge is -2.16. The SMILES string of the molecule is CO[Si](OC(C)C)OC(C)C. The molecule has 0 aromatic heterocycles. The summed E-state index contributed by atoms with van der Waals surface area (Å²) < 4.78 is 15.8. The van der Waals surface area contributed by atoms with Crippen molar-refractivity contribution in [3.8, 4) is 0 Å².